The standard InChI is InChI=1S/C11H9FN2O/c1-8-13-10(7-15)6-14(8)11-4-2-9(12)3-5-11/h2-7H,1H3. The van der Waals surface area contributed by atoms with Crippen molar-refractivity contribution in [2.45, 2.75) is 6.92 Å². The average molecular weight is 204 g/mol. The summed E-state index contributed by atoms with van der Waals surface area (Å²) < 4.78 is 14.4. The number of carbonyl (C=O) groups is 1. The van der Waals surface area contributed by atoms with Crippen LogP contribution in [0.25, 0.3) is 5.69 Å². The maximum absolute atomic E-state index is 12.7. The van der Waals surface area contributed by atoms with Gasteiger partial charge in [-0.25, -0.2) is 9.37 Å². The molecule has 0 unspecified atom stereocenters. The van der Waals surface area contributed by atoms with Gasteiger partial charge in [-0.15, -0.1) is 0 Å². The van der Waals surface area contributed by atoms with Crippen molar-refractivity contribution in [3.05, 3.63) is 47.8 Å². The molecule has 0 N–H and O–H groups in total. The van der Waals surface area contributed by atoms with Gasteiger partial charge in [0.2, 0.25) is 0 Å². The Morgan fingerprint density at radius 2 is 2.00 bits per heavy atom. The Labute approximate surface area is 86.2 Å². The first-order chi connectivity index (χ1) is 7.20. The zero-order chi connectivity index (χ0) is 10.8. The largest absolute Gasteiger partial charge is 0.303 e. The second-order valence-electron chi connectivity index (χ2n) is 3.18. The van der Waals surface area contributed by atoms with Gasteiger partial charge in [-0.05, 0) is 31.2 Å². The summed E-state index contributed by atoms with van der Waals surface area (Å²) in [6, 6.07) is 6.02. The molecule has 0 radical (unpaired) electrons. The van der Waals surface area contributed by atoms with Crippen LogP contribution in [0.3, 0.4) is 0 Å². The molecule has 3 nitrogen and oxygen atoms in total. The van der Waals surface area contributed by atoms with Crippen LogP contribution >= 0.6 is 0 Å². The monoisotopic (exact) mass is 204 g/mol. The summed E-state index contributed by atoms with van der Waals surface area (Å²) in [7, 11) is 0. The van der Waals surface area contributed by atoms with Crippen LogP contribution in [0.15, 0.2) is 30.5 Å². The van der Waals surface area contributed by atoms with Crippen molar-refractivity contribution >= 4 is 6.29 Å². The second kappa shape index (κ2) is 3.65. The highest BCUT2D eigenvalue weighted by molar-refractivity contribution is 5.71. The molecule has 1 heterocycles. The van der Waals surface area contributed by atoms with Gasteiger partial charge in [-0.2, -0.15) is 0 Å². The number of nitrogens with zero attached hydrogens (tertiary/aromatic N) is 2. The molecule has 2 rings (SSSR count). The fourth-order valence-corrected chi connectivity index (χ4v) is 1.42. The van der Waals surface area contributed by atoms with Crippen LogP contribution in [0.1, 0.15) is 16.3 Å². The van der Waals surface area contributed by atoms with E-state index in [1.807, 2.05) is 0 Å². The molecule has 0 spiro atoms. The molecule has 0 bridgehead atoms. The van der Waals surface area contributed by atoms with E-state index >= 15 is 0 Å². The summed E-state index contributed by atoms with van der Waals surface area (Å²) in [6.07, 6.45) is 2.31. The van der Waals surface area contributed by atoms with E-state index < -0.39 is 0 Å². The summed E-state index contributed by atoms with van der Waals surface area (Å²) in [4.78, 5) is 14.6. The fraction of sp³-hybridized carbons (Fsp3) is 0.0909. The summed E-state index contributed by atoms with van der Waals surface area (Å²) >= 11 is 0. The summed E-state index contributed by atoms with van der Waals surface area (Å²) in [5.41, 5.74) is 1.16. The van der Waals surface area contributed by atoms with Gasteiger partial charge in [0.1, 0.15) is 17.3 Å². The van der Waals surface area contributed by atoms with Gasteiger partial charge < -0.3 is 4.57 Å². The Hall–Kier alpha value is -1.97. The Kier molecular flexibility index (Phi) is 2.33. The zero-order valence-electron chi connectivity index (χ0n) is 8.14. The molecule has 1 aromatic carbocycles. The highest BCUT2D eigenvalue weighted by Crippen LogP contribution is 2.12. The predicted octanol–water partition coefficient (Wildman–Crippen LogP) is 2.13. The molecule has 76 valence electrons. The topological polar surface area (TPSA) is 34.9 Å². The molecule has 15 heavy (non-hydrogen) atoms. The predicted molar refractivity (Wildman–Crippen MR) is 53.6 cm³/mol. The van der Waals surface area contributed by atoms with Crippen molar-refractivity contribution in [1.29, 1.82) is 0 Å². The number of hydrogen-bond donors (Lipinski definition) is 0. The van der Waals surface area contributed by atoms with Crippen LogP contribution < -0.4 is 0 Å². The maximum Gasteiger partial charge on any atom is 0.170 e. The van der Waals surface area contributed by atoms with E-state index in [0.717, 1.165) is 5.69 Å². The van der Waals surface area contributed by atoms with Gasteiger partial charge in [0.05, 0.1) is 0 Å². The number of hydrogen-bond acceptors (Lipinski definition) is 2. The lowest BCUT2D eigenvalue weighted by Gasteiger charge is -2.03. The summed E-state index contributed by atoms with van der Waals surface area (Å²) in [5, 5.41) is 0. The lowest BCUT2D eigenvalue weighted by Crippen LogP contribution is -1.94. The minimum atomic E-state index is -0.285. The maximum atomic E-state index is 12.7. The molecule has 0 saturated heterocycles. The number of aromatic nitrogens is 2. The normalized spacial score (nSPS) is 10.3. The number of carbonyl (C=O) groups excluding carboxylic acids is 1. The minimum Gasteiger partial charge on any atom is -0.303 e. The van der Waals surface area contributed by atoms with Crippen LogP contribution in [0.4, 0.5) is 4.39 Å². The van der Waals surface area contributed by atoms with Crippen molar-refractivity contribution < 1.29 is 9.18 Å². The molecule has 0 amide bonds. The fourth-order valence-electron chi connectivity index (χ4n) is 1.42. The molecule has 0 atom stereocenters. The van der Waals surface area contributed by atoms with Crippen molar-refractivity contribution in [2.24, 2.45) is 0 Å². The van der Waals surface area contributed by atoms with Gasteiger partial charge in [0.25, 0.3) is 0 Å². The Bertz CT molecular complexity index is 488. The van der Waals surface area contributed by atoms with Gasteiger partial charge in [-0.1, -0.05) is 0 Å². The number of imidazole rings is 1. The molecule has 0 fully saturated rings. The van der Waals surface area contributed by atoms with Gasteiger partial charge in [0.15, 0.2) is 6.29 Å². The van der Waals surface area contributed by atoms with E-state index in [9.17, 15) is 9.18 Å². The molecule has 1 aromatic heterocycles. The molecule has 0 aliphatic heterocycles. The van der Waals surface area contributed by atoms with E-state index in [-0.39, 0.29) is 5.82 Å². The quantitative estimate of drug-likeness (QED) is 0.702. The van der Waals surface area contributed by atoms with Crippen LogP contribution in [0.5, 0.6) is 0 Å². The van der Waals surface area contributed by atoms with Crippen LogP contribution in [-0.4, -0.2) is 15.8 Å². The number of aldehydes is 1. The third kappa shape index (κ3) is 1.79. The number of halogens is 1. The first-order valence-corrected chi connectivity index (χ1v) is 4.48. The zero-order valence-corrected chi connectivity index (χ0v) is 8.14. The minimum absolute atomic E-state index is 0.285. The van der Waals surface area contributed by atoms with E-state index in [4.69, 9.17) is 0 Å². The number of rotatable bonds is 2. The van der Waals surface area contributed by atoms with Gasteiger partial charge in [-0.3, -0.25) is 4.79 Å². The molecule has 0 aliphatic carbocycles. The Balaban J connectivity index is 2.48. The van der Waals surface area contributed by atoms with E-state index in [1.54, 1.807) is 29.8 Å². The SMILES string of the molecule is Cc1nc(C=O)cn1-c1ccc(F)cc1. The molecule has 4 heteroatoms. The van der Waals surface area contributed by atoms with Crippen molar-refractivity contribution in [2.75, 3.05) is 0 Å². The lowest BCUT2D eigenvalue weighted by atomic mass is 10.3. The van der Waals surface area contributed by atoms with E-state index in [2.05, 4.69) is 4.98 Å². The first-order valence-electron chi connectivity index (χ1n) is 4.48. The smallest absolute Gasteiger partial charge is 0.170 e. The molecule has 0 saturated carbocycles. The second-order valence-corrected chi connectivity index (χ2v) is 3.18. The van der Waals surface area contributed by atoms with Gasteiger partial charge in [0, 0.05) is 11.9 Å². The van der Waals surface area contributed by atoms with Gasteiger partial charge >= 0.3 is 0 Å². The lowest BCUT2D eigenvalue weighted by molar-refractivity contribution is 0.111. The van der Waals surface area contributed by atoms with Crippen molar-refractivity contribution in [3.63, 3.8) is 0 Å². The number of benzene rings is 1. The summed E-state index contributed by atoms with van der Waals surface area (Å²) in [6.45, 7) is 1.79. The Morgan fingerprint density at radius 3 is 2.53 bits per heavy atom. The highest BCUT2D eigenvalue weighted by atomic mass is 19.1. The number of aryl methyl sites for hydroxylation is 1. The summed E-state index contributed by atoms with van der Waals surface area (Å²) in [5.74, 6) is 0.413. The molecular formula is C11H9FN2O. The average Bonchev–Trinajstić information content (AvgIpc) is 2.61. The third-order valence-electron chi connectivity index (χ3n) is 2.13. The Morgan fingerprint density at radius 1 is 1.33 bits per heavy atom. The molecule has 0 aliphatic rings. The van der Waals surface area contributed by atoms with Crippen LogP contribution in [0, 0.1) is 12.7 Å². The van der Waals surface area contributed by atoms with Crippen LogP contribution in [0.2, 0.25) is 0 Å². The molecular weight excluding hydrogens is 195 g/mol. The van der Waals surface area contributed by atoms with E-state index in [1.165, 1.54) is 12.1 Å². The van der Waals surface area contributed by atoms with Crippen molar-refractivity contribution in [3.8, 4) is 5.69 Å². The van der Waals surface area contributed by atoms with Crippen molar-refractivity contribution in [1.82, 2.24) is 9.55 Å². The van der Waals surface area contributed by atoms with Crippen LogP contribution in [-0.2, 0) is 0 Å². The molecule has 2 aromatic rings. The first kappa shape index (κ1) is 9.58. The third-order valence-corrected chi connectivity index (χ3v) is 2.13. The van der Waals surface area contributed by atoms with E-state index in [0.29, 0.717) is 17.8 Å². The highest BCUT2D eigenvalue weighted by Gasteiger charge is 2.04.